The SMILES string of the molecule is O=c1ccc(C2CCCc3cccnc32)n[nH]1. The highest BCUT2D eigenvalue weighted by Crippen LogP contribution is 2.33. The van der Waals surface area contributed by atoms with Gasteiger partial charge in [0.1, 0.15) is 0 Å². The summed E-state index contributed by atoms with van der Waals surface area (Å²) in [5.41, 5.74) is 3.16. The summed E-state index contributed by atoms with van der Waals surface area (Å²) in [7, 11) is 0. The number of pyridine rings is 1. The van der Waals surface area contributed by atoms with E-state index in [9.17, 15) is 4.79 Å². The van der Waals surface area contributed by atoms with Crippen LogP contribution in [0.1, 0.15) is 35.7 Å². The average Bonchev–Trinajstić information content (AvgIpc) is 2.39. The van der Waals surface area contributed by atoms with Crippen LogP contribution < -0.4 is 5.56 Å². The summed E-state index contributed by atoms with van der Waals surface area (Å²) in [6.07, 6.45) is 5.10. The molecule has 0 bridgehead atoms. The highest BCUT2D eigenvalue weighted by molar-refractivity contribution is 5.31. The molecule has 0 amide bonds. The maximum absolute atomic E-state index is 11.0. The normalized spacial score (nSPS) is 18.7. The van der Waals surface area contributed by atoms with Crippen molar-refractivity contribution >= 4 is 0 Å². The molecule has 4 heteroatoms. The van der Waals surface area contributed by atoms with Crippen molar-refractivity contribution in [1.29, 1.82) is 0 Å². The smallest absolute Gasteiger partial charge is 0.264 e. The van der Waals surface area contributed by atoms with Crippen molar-refractivity contribution < 1.29 is 0 Å². The van der Waals surface area contributed by atoms with Crippen LogP contribution >= 0.6 is 0 Å². The second-order valence-electron chi connectivity index (χ2n) is 4.34. The molecule has 1 atom stereocenters. The number of aromatic amines is 1. The minimum Gasteiger partial charge on any atom is -0.268 e. The number of H-pyrrole nitrogens is 1. The van der Waals surface area contributed by atoms with E-state index in [0.717, 1.165) is 30.7 Å². The maximum Gasteiger partial charge on any atom is 0.264 e. The lowest BCUT2D eigenvalue weighted by atomic mass is 9.84. The fourth-order valence-electron chi connectivity index (χ4n) is 2.45. The van der Waals surface area contributed by atoms with E-state index in [1.807, 2.05) is 12.3 Å². The van der Waals surface area contributed by atoms with Crippen molar-refractivity contribution in [3.63, 3.8) is 0 Å². The maximum atomic E-state index is 11.0. The van der Waals surface area contributed by atoms with Gasteiger partial charge in [0.2, 0.25) is 0 Å². The van der Waals surface area contributed by atoms with Gasteiger partial charge >= 0.3 is 0 Å². The third-order valence-corrected chi connectivity index (χ3v) is 3.25. The van der Waals surface area contributed by atoms with Crippen LogP contribution in [-0.2, 0) is 6.42 Å². The van der Waals surface area contributed by atoms with Gasteiger partial charge < -0.3 is 0 Å². The van der Waals surface area contributed by atoms with Gasteiger partial charge in [-0.3, -0.25) is 9.78 Å². The molecule has 3 rings (SSSR count). The zero-order chi connectivity index (χ0) is 11.7. The van der Waals surface area contributed by atoms with Crippen LogP contribution in [-0.4, -0.2) is 15.2 Å². The molecule has 0 saturated heterocycles. The average molecular weight is 227 g/mol. The number of rotatable bonds is 1. The third kappa shape index (κ3) is 1.86. The minimum atomic E-state index is -0.161. The van der Waals surface area contributed by atoms with Gasteiger partial charge in [-0.2, -0.15) is 5.10 Å². The number of fused-ring (bicyclic) bond motifs is 1. The Balaban J connectivity index is 2.05. The first-order valence-corrected chi connectivity index (χ1v) is 5.84. The second-order valence-corrected chi connectivity index (χ2v) is 4.34. The molecule has 2 heterocycles. The zero-order valence-electron chi connectivity index (χ0n) is 9.39. The third-order valence-electron chi connectivity index (χ3n) is 3.25. The monoisotopic (exact) mass is 227 g/mol. The number of aromatic nitrogens is 3. The number of aryl methyl sites for hydroxylation is 1. The van der Waals surface area contributed by atoms with Crippen molar-refractivity contribution in [2.24, 2.45) is 0 Å². The Morgan fingerprint density at radius 3 is 3.06 bits per heavy atom. The lowest BCUT2D eigenvalue weighted by molar-refractivity contribution is 0.581. The van der Waals surface area contributed by atoms with Crippen molar-refractivity contribution in [1.82, 2.24) is 15.2 Å². The Kier molecular flexibility index (Phi) is 2.48. The molecule has 0 aromatic carbocycles. The van der Waals surface area contributed by atoms with Gasteiger partial charge in [-0.1, -0.05) is 6.07 Å². The first-order valence-electron chi connectivity index (χ1n) is 5.84. The molecule has 2 aromatic rings. The van der Waals surface area contributed by atoms with Crippen LogP contribution in [0.25, 0.3) is 0 Å². The van der Waals surface area contributed by atoms with E-state index >= 15 is 0 Å². The van der Waals surface area contributed by atoms with Gasteiger partial charge in [0.25, 0.3) is 5.56 Å². The van der Waals surface area contributed by atoms with Crippen molar-refractivity contribution in [3.8, 4) is 0 Å². The fourth-order valence-corrected chi connectivity index (χ4v) is 2.45. The van der Waals surface area contributed by atoms with E-state index in [1.165, 1.54) is 11.6 Å². The van der Waals surface area contributed by atoms with Crippen molar-refractivity contribution in [2.75, 3.05) is 0 Å². The molecule has 1 aliphatic carbocycles. The first-order chi connectivity index (χ1) is 8.34. The molecule has 2 aromatic heterocycles. The van der Waals surface area contributed by atoms with Gasteiger partial charge in [0.05, 0.1) is 11.4 Å². The Labute approximate surface area is 98.7 Å². The van der Waals surface area contributed by atoms with Crippen LogP contribution in [0.15, 0.2) is 35.3 Å². The standard InChI is InChI=1S/C13H13N3O/c17-12-7-6-11(15-16-12)10-5-1-3-9-4-2-8-14-13(9)10/h2,4,6-8,10H,1,3,5H2,(H,16,17). The first kappa shape index (κ1) is 10.2. The summed E-state index contributed by atoms with van der Waals surface area (Å²) < 4.78 is 0. The Bertz CT molecular complexity index is 571. The predicted molar refractivity (Wildman–Crippen MR) is 63.9 cm³/mol. The molecule has 17 heavy (non-hydrogen) atoms. The molecule has 1 aliphatic rings. The van der Waals surface area contributed by atoms with E-state index in [0.29, 0.717) is 0 Å². The summed E-state index contributed by atoms with van der Waals surface area (Å²) in [5, 5.41) is 6.62. The van der Waals surface area contributed by atoms with Crippen molar-refractivity contribution in [2.45, 2.75) is 25.2 Å². The van der Waals surface area contributed by atoms with Crippen LogP contribution in [0.2, 0.25) is 0 Å². The van der Waals surface area contributed by atoms with Crippen LogP contribution in [0, 0.1) is 0 Å². The second kappa shape index (κ2) is 4.13. The summed E-state index contributed by atoms with van der Waals surface area (Å²) in [6, 6.07) is 7.43. The Morgan fingerprint density at radius 1 is 1.29 bits per heavy atom. The quantitative estimate of drug-likeness (QED) is 0.805. The van der Waals surface area contributed by atoms with E-state index < -0.39 is 0 Å². The van der Waals surface area contributed by atoms with Crippen LogP contribution in [0.3, 0.4) is 0 Å². The molecule has 0 spiro atoms. The van der Waals surface area contributed by atoms with E-state index in [2.05, 4.69) is 21.2 Å². The van der Waals surface area contributed by atoms with Gasteiger partial charge in [0.15, 0.2) is 0 Å². The molecular formula is C13H13N3O. The molecule has 0 saturated carbocycles. The molecule has 1 N–H and O–H groups in total. The highest BCUT2D eigenvalue weighted by atomic mass is 16.1. The molecular weight excluding hydrogens is 214 g/mol. The number of nitrogens with zero attached hydrogens (tertiary/aromatic N) is 2. The lowest BCUT2D eigenvalue weighted by Crippen LogP contribution is -2.16. The number of hydrogen-bond acceptors (Lipinski definition) is 3. The lowest BCUT2D eigenvalue weighted by Gasteiger charge is -2.23. The van der Waals surface area contributed by atoms with Crippen molar-refractivity contribution in [3.05, 3.63) is 57.8 Å². The van der Waals surface area contributed by atoms with E-state index in [4.69, 9.17) is 0 Å². The van der Waals surface area contributed by atoms with Gasteiger partial charge in [-0.05, 0) is 37.0 Å². The fraction of sp³-hybridized carbons (Fsp3) is 0.308. The Hall–Kier alpha value is -1.97. The molecule has 0 aliphatic heterocycles. The topological polar surface area (TPSA) is 58.6 Å². The van der Waals surface area contributed by atoms with Gasteiger partial charge in [-0.15, -0.1) is 0 Å². The number of hydrogen-bond donors (Lipinski definition) is 1. The Morgan fingerprint density at radius 2 is 2.24 bits per heavy atom. The predicted octanol–water partition coefficient (Wildman–Crippen LogP) is 1.63. The van der Waals surface area contributed by atoms with Crippen LogP contribution in [0.4, 0.5) is 0 Å². The summed E-state index contributed by atoms with van der Waals surface area (Å²) in [4.78, 5) is 15.5. The van der Waals surface area contributed by atoms with E-state index in [-0.39, 0.29) is 11.5 Å². The summed E-state index contributed by atoms with van der Waals surface area (Å²) in [5.74, 6) is 0.219. The van der Waals surface area contributed by atoms with Crippen LogP contribution in [0.5, 0.6) is 0 Å². The molecule has 1 unspecified atom stereocenters. The van der Waals surface area contributed by atoms with Gasteiger partial charge in [0, 0.05) is 18.2 Å². The molecule has 0 fully saturated rings. The molecule has 0 radical (unpaired) electrons. The number of nitrogens with one attached hydrogen (secondary N) is 1. The van der Waals surface area contributed by atoms with E-state index in [1.54, 1.807) is 6.07 Å². The molecule has 4 nitrogen and oxygen atoms in total. The molecule has 86 valence electrons. The zero-order valence-corrected chi connectivity index (χ0v) is 9.39. The highest BCUT2D eigenvalue weighted by Gasteiger charge is 2.23. The summed E-state index contributed by atoms with van der Waals surface area (Å²) >= 11 is 0. The summed E-state index contributed by atoms with van der Waals surface area (Å²) in [6.45, 7) is 0. The van der Waals surface area contributed by atoms with Gasteiger partial charge in [-0.25, -0.2) is 5.10 Å². The minimum absolute atomic E-state index is 0.161. The largest absolute Gasteiger partial charge is 0.268 e.